The van der Waals surface area contributed by atoms with Crippen molar-refractivity contribution in [3.63, 3.8) is 0 Å². The van der Waals surface area contributed by atoms with Crippen LogP contribution in [0.5, 0.6) is 0 Å². The highest BCUT2D eigenvalue weighted by Crippen LogP contribution is 2.26. The fourth-order valence-corrected chi connectivity index (χ4v) is 2.41. The lowest BCUT2D eigenvalue weighted by molar-refractivity contribution is -0.662. The van der Waals surface area contributed by atoms with Crippen LogP contribution in [-0.2, 0) is 7.05 Å². The van der Waals surface area contributed by atoms with Gasteiger partial charge >= 0.3 is 0 Å². The van der Waals surface area contributed by atoms with Crippen LogP contribution in [0.2, 0.25) is 0 Å². The van der Waals surface area contributed by atoms with Crippen molar-refractivity contribution in [2.24, 2.45) is 7.05 Å². The van der Waals surface area contributed by atoms with Crippen molar-refractivity contribution in [1.29, 1.82) is 0 Å². The highest BCUT2D eigenvalue weighted by Gasteiger charge is 2.16. The van der Waals surface area contributed by atoms with Crippen molar-refractivity contribution >= 4 is 10.9 Å². The van der Waals surface area contributed by atoms with E-state index in [0.717, 1.165) is 27.7 Å². The Morgan fingerprint density at radius 3 is 2.68 bits per heavy atom. The molecule has 0 unspecified atom stereocenters. The molecule has 0 fully saturated rings. The van der Waals surface area contributed by atoms with E-state index in [0.29, 0.717) is 0 Å². The third kappa shape index (κ3) is 1.97. The molecule has 94 valence electrons. The maximum atomic E-state index is 13.3. The predicted molar refractivity (Wildman–Crippen MR) is 73.1 cm³/mol. The Hall–Kier alpha value is -2.29. The van der Waals surface area contributed by atoms with Gasteiger partial charge < -0.3 is 0 Å². The summed E-state index contributed by atoms with van der Waals surface area (Å²) in [5.41, 5.74) is 3.96. The Bertz CT molecular complexity index is 766. The van der Waals surface area contributed by atoms with Crippen LogP contribution in [0.4, 0.5) is 4.39 Å². The lowest BCUT2D eigenvalue weighted by Crippen LogP contribution is -2.31. The van der Waals surface area contributed by atoms with E-state index < -0.39 is 0 Å². The van der Waals surface area contributed by atoms with Gasteiger partial charge in [0.25, 0.3) is 6.33 Å². The predicted octanol–water partition coefficient (Wildman–Crippen LogP) is 3.17. The summed E-state index contributed by atoms with van der Waals surface area (Å²) in [7, 11) is 1.96. The maximum absolute atomic E-state index is 13.3. The Morgan fingerprint density at radius 1 is 1.11 bits per heavy atom. The lowest BCUT2D eigenvalue weighted by atomic mass is 10.0. The molecule has 1 aromatic heterocycles. The summed E-state index contributed by atoms with van der Waals surface area (Å²) in [4.78, 5) is 4.40. The van der Waals surface area contributed by atoms with Crippen LogP contribution < -0.4 is 4.57 Å². The first-order valence-corrected chi connectivity index (χ1v) is 6.17. The SMILES string of the molecule is Cc1cc(F)ccc1-c1c2ccccc2nc[n+]1C. The van der Waals surface area contributed by atoms with Gasteiger partial charge in [0.15, 0.2) is 5.52 Å². The number of aromatic nitrogens is 2. The molecule has 0 atom stereocenters. The number of para-hydroxylation sites is 1. The van der Waals surface area contributed by atoms with E-state index in [1.165, 1.54) is 6.07 Å². The summed E-state index contributed by atoms with van der Waals surface area (Å²) in [6.45, 7) is 1.92. The summed E-state index contributed by atoms with van der Waals surface area (Å²) < 4.78 is 15.2. The molecule has 0 spiro atoms. The van der Waals surface area contributed by atoms with Crippen LogP contribution >= 0.6 is 0 Å². The van der Waals surface area contributed by atoms with Crippen molar-refractivity contribution in [3.05, 3.63) is 60.2 Å². The summed E-state index contributed by atoms with van der Waals surface area (Å²) in [5, 5.41) is 1.07. The Kier molecular flexibility index (Phi) is 2.75. The third-order valence-corrected chi connectivity index (χ3v) is 3.33. The van der Waals surface area contributed by atoms with Crippen LogP contribution in [0.1, 0.15) is 5.56 Å². The molecule has 0 bridgehead atoms. The molecular formula is C16H14FN2+. The quantitative estimate of drug-likeness (QED) is 0.609. The van der Waals surface area contributed by atoms with Gasteiger partial charge in [-0.15, -0.1) is 0 Å². The molecule has 3 rings (SSSR count). The first-order valence-electron chi connectivity index (χ1n) is 6.17. The molecule has 0 N–H and O–H groups in total. The Balaban J connectivity index is 2.38. The van der Waals surface area contributed by atoms with Gasteiger partial charge in [-0.25, -0.2) is 8.96 Å². The summed E-state index contributed by atoms with van der Waals surface area (Å²) in [6, 6.07) is 12.9. The summed E-state index contributed by atoms with van der Waals surface area (Å²) in [6.07, 6.45) is 1.79. The molecule has 0 aliphatic rings. The van der Waals surface area contributed by atoms with E-state index >= 15 is 0 Å². The molecule has 0 radical (unpaired) electrons. The van der Waals surface area contributed by atoms with Crippen molar-refractivity contribution in [2.75, 3.05) is 0 Å². The van der Waals surface area contributed by atoms with Gasteiger partial charge in [0.05, 0.1) is 12.4 Å². The number of rotatable bonds is 1. The smallest absolute Gasteiger partial charge is 0.232 e. The number of fused-ring (bicyclic) bond motifs is 1. The second-order valence-electron chi connectivity index (χ2n) is 4.68. The van der Waals surface area contributed by atoms with Crippen LogP contribution in [0, 0.1) is 12.7 Å². The van der Waals surface area contributed by atoms with E-state index in [2.05, 4.69) is 4.98 Å². The van der Waals surface area contributed by atoms with Crippen molar-refractivity contribution in [3.8, 4) is 11.3 Å². The largest absolute Gasteiger partial charge is 0.287 e. The lowest BCUT2D eigenvalue weighted by Gasteiger charge is -2.08. The second kappa shape index (κ2) is 4.43. The molecule has 2 aromatic carbocycles. The average molecular weight is 253 g/mol. The van der Waals surface area contributed by atoms with Crippen LogP contribution in [0.3, 0.4) is 0 Å². The number of halogens is 1. The van der Waals surface area contributed by atoms with Gasteiger partial charge in [0.2, 0.25) is 0 Å². The van der Waals surface area contributed by atoms with E-state index in [1.54, 1.807) is 12.4 Å². The number of hydrogen-bond acceptors (Lipinski definition) is 1. The fraction of sp³-hybridized carbons (Fsp3) is 0.125. The van der Waals surface area contributed by atoms with Crippen LogP contribution in [-0.4, -0.2) is 4.98 Å². The summed E-state index contributed by atoms with van der Waals surface area (Å²) >= 11 is 0. The van der Waals surface area contributed by atoms with Crippen molar-refractivity contribution < 1.29 is 8.96 Å². The van der Waals surface area contributed by atoms with Crippen molar-refractivity contribution in [2.45, 2.75) is 6.92 Å². The Morgan fingerprint density at radius 2 is 1.89 bits per heavy atom. The topological polar surface area (TPSA) is 16.8 Å². The molecule has 0 aliphatic carbocycles. The van der Waals surface area contributed by atoms with Crippen LogP contribution in [0.25, 0.3) is 22.2 Å². The molecule has 19 heavy (non-hydrogen) atoms. The van der Waals surface area contributed by atoms with Gasteiger partial charge in [-0.05, 0) is 47.8 Å². The molecule has 3 heteroatoms. The minimum absolute atomic E-state index is 0.206. The first-order chi connectivity index (χ1) is 9.16. The van der Waals surface area contributed by atoms with E-state index in [1.807, 2.05) is 48.9 Å². The standard InChI is InChI=1S/C16H14FN2/c1-11-9-12(17)7-8-13(11)16-14-5-3-4-6-15(14)18-10-19(16)2/h3-10H,1-2H3/q+1. The third-order valence-electron chi connectivity index (χ3n) is 3.33. The maximum Gasteiger partial charge on any atom is 0.287 e. The van der Waals surface area contributed by atoms with Gasteiger partial charge in [0, 0.05) is 5.56 Å². The molecule has 1 heterocycles. The fourth-order valence-electron chi connectivity index (χ4n) is 2.41. The summed E-state index contributed by atoms with van der Waals surface area (Å²) in [5.74, 6) is -0.206. The second-order valence-corrected chi connectivity index (χ2v) is 4.68. The van der Waals surface area contributed by atoms with Crippen molar-refractivity contribution in [1.82, 2.24) is 4.98 Å². The van der Waals surface area contributed by atoms with Gasteiger partial charge in [0.1, 0.15) is 11.5 Å². The molecule has 0 saturated heterocycles. The number of nitrogens with zero attached hydrogens (tertiary/aromatic N) is 2. The minimum Gasteiger partial charge on any atom is -0.232 e. The van der Waals surface area contributed by atoms with Gasteiger partial charge in [-0.3, -0.25) is 0 Å². The van der Waals surface area contributed by atoms with E-state index in [-0.39, 0.29) is 5.82 Å². The average Bonchev–Trinajstić information content (AvgIpc) is 2.40. The monoisotopic (exact) mass is 253 g/mol. The number of hydrogen-bond donors (Lipinski definition) is 0. The molecule has 0 aliphatic heterocycles. The van der Waals surface area contributed by atoms with Crippen LogP contribution in [0.15, 0.2) is 48.8 Å². The zero-order chi connectivity index (χ0) is 13.4. The minimum atomic E-state index is -0.206. The normalized spacial score (nSPS) is 10.9. The van der Waals surface area contributed by atoms with Gasteiger partial charge in [-0.1, -0.05) is 12.1 Å². The molecular weight excluding hydrogens is 239 g/mol. The molecule has 0 saturated carbocycles. The van der Waals surface area contributed by atoms with E-state index in [9.17, 15) is 4.39 Å². The zero-order valence-electron chi connectivity index (χ0n) is 10.9. The zero-order valence-corrected chi connectivity index (χ0v) is 10.9. The Labute approximate surface area is 111 Å². The molecule has 2 nitrogen and oxygen atoms in total. The molecule has 0 amide bonds. The molecule has 3 aromatic rings. The first kappa shape index (κ1) is 11.8. The van der Waals surface area contributed by atoms with E-state index in [4.69, 9.17) is 0 Å². The highest BCUT2D eigenvalue weighted by atomic mass is 19.1. The number of aryl methyl sites for hydroxylation is 2. The number of benzene rings is 2. The highest BCUT2D eigenvalue weighted by molar-refractivity contribution is 5.91. The van der Waals surface area contributed by atoms with Gasteiger partial charge in [-0.2, -0.15) is 0 Å².